The molecule has 16 heavy (non-hydrogen) atoms. The monoisotopic (exact) mass is 226 g/mol. The summed E-state index contributed by atoms with van der Waals surface area (Å²) in [7, 11) is 0. The van der Waals surface area contributed by atoms with Gasteiger partial charge in [0.15, 0.2) is 0 Å². The molecule has 3 nitrogen and oxygen atoms in total. The van der Waals surface area contributed by atoms with Crippen molar-refractivity contribution in [2.45, 2.75) is 58.4 Å². The molecule has 0 heterocycles. The van der Waals surface area contributed by atoms with Gasteiger partial charge in [-0.3, -0.25) is 4.79 Å². The highest BCUT2D eigenvalue weighted by atomic mass is 16.2. The molecule has 3 atom stereocenters. The lowest BCUT2D eigenvalue weighted by Gasteiger charge is -2.14. The van der Waals surface area contributed by atoms with E-state index in [9.17, 15) is 4.79 Å². The second-order valence-corrected chi connectivity index (χ2v) is 5.28. The summed E-state index contributed by atoms with van der Waals surface area (Å²) in [5.74, 6) is 1.54. The number of nitrogens with one attached hydrogen (secondary N) is 1. The Labute approximate surface area is 99.2 Å². The Bertz CT molecular complexity index is 218. The number of hydrogen-bond acceptors (Lipinski definition) is 2. The number of nitrogens with two attached hydrogens (primary N) is 1. The first-order chi connectivity index (χ1) is 7.63. The lowest BCUT2D eigenvalue weighted by atomic mass is 10.1. The molecule has 3 heteroatoms. The number of carbonyl (C=O) groups is 1. The van der Waals surface area contributed by atoms with Crippen molar-refractivity contribution in [1.29, 1.82) is 0 Å². The van der Waals surface area contributed by atoms with Crippen molar-refractivity contribution >= 4 is 5.91 Å². The van der Waals surface area contributed by atoms with Crippen LogP contribution in [0.5, 0.6) is 0 Å². The minimum atomic E-state index is -0.307. The third kappa shape index (κ3) is 4.52. The fraction of sp³-hybridized carbons (Fsp3) is 0.923. The van der Waals surface area contributed by atoms with Gasteiger partial charge in [0.1, 0.15) is 0 Å². The largest absolute Gasteiger partial charge is 0.354 e. The second kappa shape index (κ2) is 6.89. The molecule has 0 saturated heterocycles. The molecule has 1 aliphatic rings. The fourth-order valence-corrected chi connectivity index (χ4v) is 2.44. The summed E-state index contributed by atoms with van der Waals surface area (Å²) >= 11 is 0. The molecule has 3 unspecified atom stereocenters. The van der Waals surface area contributed by atoms with Crippen molar-refractivity contribution < 1.29 is 4.79 Å². The number of carbonyl (C=O) groups excluding carboxylic acids is 1. The molecule has 1 rings (SSSR count). The Morgan fingerprint density at radius 2 is 2.25 bits per heavy atom. The molecule has 1 amide bonds. The summed E-state index contributed by atoms with van der Waals surface area (Å²) in [4.78, 5) is 11.7. The molecule has 0 bridgehead atoms. The SMILES string of the molecule is CCCCC(N)C(=O)NCC1CCC(C)C1. The number of amides is 1. The van der Waals surface area contributed by atoms with Gasteiger partial charge < -0.3 is 11.1 Å². The Morgan fingerprint density at radius 3 is 2.81 bits per heavy atom. The highest BCUT2D eigenvalue weighted by Gasteiger charge is 2.22. The van der Waals surface area contributed by atoms with E-state index in [4.69, 9.17) is 5.73 Å². The zero-order valence-electron chi connectivity index (χ0n) is 10.7. The first-order valence-electron chi connectivity index (χ1n) is 6.66. The minimum Gasteiger partial charge on any atom is -0.354 e. The summed E-state index contributed by atoms with van der Waals surface area (Å²) < 4.78 is 0. The standard InChI is InChI=1S/C13H26N2O/c1-3-4-5-12(14)13(16)15-9-11-7-6-10(2)8-11/h10-12H,3-9,14H2,1-2H3,(H,15,16). The van der Waals surface area contributed by atoms with Gasteiger partial charge in [0, 0.05) is 6.54 Å². The molecule has 3 N–H and O–H groups in total. The van der Waals surface area contributed by atoms with Crippen molar-refractivity contribution in [3.8, 4) is 0 Å². The molecule has 0 spiro atoms. The van der Waals surface area contributed by atoms with E-state index in [1.165, 1.54) is 19.3 Å². The Kier molecular flexibility index (Phi) is 5.81. The Hall–Kier alpha value is -0.570. The van der Waals surface area contributed by atoms with Crippen molar-refractivity contribution in [3.63, 3.8) is 0 Å². The van der Waals surface area contributed by atoms with Gasteiger partial charge in [-0.05, 0) is 31.1 Å². The summed E-state index contributed by atoms with van der Waals surface area (Å²) in [6.45, 7) is 5.22. The molecule has 1 fully saturated rings. The maximum atomic E-state index is 11.7. The van der Waals surface area contributed by atoms with Gasteiger partial charge in [0.25, 0.3) is 0 Å². The lowest BCUT2D eigenvalue weighted by molar-refractivity contribution is -0.122. The molecule has 1 saturated carbocycles. The van der Waals surface area contributed by atoms with Gasteiger partial charge in [-0.25, -0.2) is 0 Å². The molecular weight excluding hydrogens is 200 g/mol. The van der Waals surface area contributed by atoms with Gasteiger partial charge >= 0.3 is 0 Å². The maximum absolute atomic E-state index is 11.7. The van der Waals surface area contributed by atoms with Crippen LogP contribution in [0.1, 0.15) is 52.4 Å². The molecule has 0 aromatic rings. The predicted octanol–water partition coefficient (Wildman–Crippen LogP) is 2.06. The first kappa shape index (κ1) is 13.5. The van der Waals surface area contributed by atoms with Crippen LogP contribution in [0.2, 0.25) is 0 Å². The van der Waals surface area contributed by atoms with Crippen molar-refractivity contribution in [1.82, 2.24) is 5.32 Å². The van der Waals surface area contributed by atoms with Crippen molar-refractivity contribution in [3.05, 3.63) is 0 Å². The summed E-state index contributed by atoms with van der Waals surface area (Å²) in [6.07, 6.45) is 6.76. The van der Waals surface area contributed by atoms with E-state index in [-0.39, 0.29) is 11.9 Å². The summed E-state index contributed by atoms with van der Waals surface area (Å²) in [5.41, 5.74) is 5.80. The van der Waals surface area contributed by atoms with Crippen LogP contribution in [0.3, 0.4) is 0 Å². The zero-order chi connectivity index (χ0) is 12.0. The van der Waals surface area contributed by atoms with Crippen LogP contribution in [-0.2, 0) is 4.79 Å². The van der Waals surface area contributed by atoms with Crippen LogP contribution < -0.4 is 11.1 Å². The average Bonchev–Trinajstić information content (AvgIpc) is 2.68. The van der Waals surface area contributed by atoms with Crippen LogP contribution >= 0.6 is 0 Å². The van der Waals surface area contributed by atoms with E-state index in [1.54, 1.807) is 0 Å². The zero-order valence-corrected chi connectivity index (χ0v) is 10.7. The van der Waals surface area contributed by atoms with Crippen LogP contribution in [0.4, 0.5) is 0 Å². The van der Waals surface area contributed by atoms with Gasteiger partial charge in [-0.2, -0.15) is 0 Å². The van der Waals surface area contributed by atoms with Crippen molar-refractivity contribution in [2.24, 2.45) is 17.6 Å². The van der Waals surface area contributed by atoms with Gasteiger partial charge in [-0.1, -0.05) is 33.1 Å². The summed E-state index contributed by atoms with van der Waals surface area (Å²) in [5, 5.41) is 2.99. The van der Waals surface area contributed by atoms with E-state index < -0.39 is 0 Å². The maximum Gasteiger partial charge on any atom is 0.236 e. The Balaban J connectivity index is 2.14. The van der Waals surface area contributed by atoms with Gasteiger partial charge in [-0.15, -0.1) is 0 Å². The highest BCUT2D eigenvalue weighted by Crippen LogP contribution is 2.29. The molecule has 0 aromatic carbocycles. The molecule has 0 aliphatic heterocycles. The molecule has 1 aliphatic carbocycles. The number of rotatable bonds is 6. The van der Waals surface area contributed by atoms with Crippen molar-refractivity contribution in [2.75, 3.05) is 6.54 Å². The predicted molar refractivity (Wildman–Crippen MR) is 67.0 cm³/mol. The topological polar surface area (TPSA) is 55.1 Å². The molecule has 0 radical (unpaired) electrons. The quantitative estimate of drug-likeness (QED) is 0.728. The molecular formula is C13H26N2O. The third-order valence-corrected chi connectivity index (χ3v) is 3.57. The molecule has 94 valence electrons. The number of hydrogen-bond donors (Lipinski definition) is 2. The van der Waals surface area contributed by atoms with Crippen LogP contribution in [0.15, 0.2) is 0 Å². The smallest absolute Gasteiger partial charge is 0.236 e. The lowest BCUT2D eigenvalue weighted by Crippen LogP contribution is -2.42. The van der Waals surface area contributed by atoms with E-state index in [1.807, 2.05) is 0 Å². The van der Waals surface area contributed by atoms with Crippen LogP contribution in [-0.4, -0.2) is 18.5 Å². The van der Waals surface area contributed by atoms with Crippen LogP contribution in [0.25, 0.3) is 0 Å². The normalized spacial score (nSPS) is 26.7. The average molecular weight is 226 g/mol. The number of unbranched alkanes of at least 4 members (excludes halogenated alkanes) is 1. The van der Waals surface area contributed by atoms with E-state index >= 15 is 0 Å². The first-order valence-corrected chi connectivity index (χ1v) is 6.66. The fourth-order valence-electron chi connectivity index (χ4n) is 2.44. The minimum absolute atomic E-state index is 0.0352. The van der Waals surface area contributed by atoms with Gasteiger partial charge in [0.2, 0.25) is 5.91 Å². The molecule has 0 aromatic heterocycles. The van der Waals surface area contributed by atoms with E-state index in [2.05, 4.69) is 19.2 Å². The second-order valence-electron chi connectivity index (χ2n) is 5.28. The third-order valence-electron chi connectivity index (χ3n) is 3.57. The van der Waals surface area contributed by atoms with E-state index in [0.717, 1.165) is 31.7 Å². The summed E-state index contributed by atoms with van der Waals surface area (Å²) in [6, 6.07) is -0.307. The van der Waals surface area contributed by atoms with Crippen LogP contribution in [0, 0.1) is 11.8 Å². The van der Waals surface area contributed by atoms with E-state index in [0.29, 0.717) is 5.92 Å². The van der Waals surface area contributed by atoms with Gasteiger partial charge in [0.05, 0.1) is 6.04 Å². The highest BCUT2D eigenvalue weighted by molar-refractivity contribution is 5.81. The Morgan fingerprint density at radius 1 is 1.50 bits per heavy atom.